The smallest absolute Gasteiger partial charge is 0.320 e. The first-order chi connectivity index (χ1) is 7.18. The second-order valence-electron chi connectivity index (χ2n) is 4.70. The van der Waals surface area contributed by atoms with Gasteiger partial charge >= 0.3 is 12.0 Å². The molecule has 5 nitrogen and oxygen atoms in total. The molecule has 3 saturated heterocycles. The summed E-state index contributed by atoms with van der Waals surface area (Å²) in [5.41, 5.74) is 0. The second-order valence-corrected chi connectivity index (χ2v) is 4.70. The zero-order valence-electron chi connectivity index (χ0n) is 8.43. The van der Waals surface area contributed by atoms with Gasteiger partial charge in [0.1, 0.15) is 0 Å². The largest absolute Gasteiger partial charge is 0.481 e. The molecule has 3 aliphatic heterocycles. The molecule has 5 heteroatoms. The quantitative estimate of drug-likeness (QED) is 0.673. The van der Waals surface area contributed by atoms with E-state index >= 15 is 0 Å². The molecule has 4 fully saturated rings. The van der Waals surface area contributed by atoms with Gasteiger partial charge in [0.25, 0.3) is 0 Å². The standard InChI is InChI=1S/C10H14N2O3/c13-9(14)8-6-4-7(8)12(5-6)10(15)11-2-1-3-11/h6-8H,1-5H2,(H,13,14). The summed E-state index contributed by atoms with van der Waals surface area (Å²) in [6.45, 7) is 2.33. The van der Waals surface area contributed by atoms with Gasteiger partial charge in [-0.15, -0.1) is 0 Å². The molecule has 3 heterocycles. The summed E-state index contributed by atoms with van der Waals surface area (Å²) in [5.74, 6) is -0.830. The Kier molecular flexibility index (Phi) is 1.72. The van der Waals surface area contributed by atoms with Gasteiger partial charge in [-0.25, -0.2) is 4.79 Å². The third-order valence-electron chi connectivity index (χ3n) is 3.96. The molecule has 2 amide bonds. The highest BCUT2D eigenvalue weighted by atomic mass is 16.4. The topological polar surface area (TPSA) is 60.9 Å². The number of urea groups is 1. The average Bonchev–Trinajstić information content (AvgIpc) is 2.53. The fourth-order valence-electron chi connectivity index (χ4n) is 2.89. The Hall–Kier alpha value is -1.26. The Morgan fingerprint density at radius 1 is 1.27 bits per heavy atom. The minimum absolute atomic E-state index is 0.0272. The fraction of sp³-hybridized carbons (Fsp3) is 0.800. The summed E-state index contributed by atoms with van der Waals surface area (Å²) in [7, 11) is 0. The maximum atomic E-state index is 11.9. The first-order valence-electron chi connectivity index (χ1n) is 5.47. The molecule has 3 unspecified atom stereocenters. The van der Waals surface area contributed by atoms with Crippen LogP contribution >= 0.6 is 0 Å². The number of aliphatic carboxylic acids is 1. The SMILES string of the molecule is O=C(O)C1C2CC1N(C(=O)N1CCC1)C2. The molecule has 0 aromatic carbocycles. The number of carboxylic acids is 1. The van der Waals surface area contributed by atoms with E-state index in [0.29, 0.717) is 6.54 Å². The normalized spacial score (nSPS) is 37.2. The summed E-state index contributed by atoms with van der Waals surface area (Å²) >= 11 is 0. The highest BCUT2D eigenvalue weighted by molar-refractivity contribution is 5.80. The molecule has 0 radical (unpaired) electrons. The van der Waals surface area contributed by atoms with Crippen LogP contribution in [0.5, 0.6) is 0 Å². The van der Waals surface area contributed by atoms with Gasteiger partial charge in [0.05, 0.1) is 5.92 Å². The van der Waals surface area contributed by atoms with Crippen LogP contribution in [0.4, 0.5) is 4.79 Å². The number of hydrogen-bond acceptors (Lipinski definition) is 2. The molecule has 0 aromatic heterocycles. The lowest BCUT2D eigenvalue weighted by Crippen LogP contribution is -2.52. The minimum atomic E-state index is -0.741. The number of rotatable bonds is 1. The van der Waals surface area contributed by atoms with Gasteiger partial charge in [0, 0.05) is 25.7 Å². The molecular weight excluding hydrogens is 196 g/mol. The zero-order valence-corrected chi connectivity index (χ0v) is 8.43. The number of hydrogen-bond donors (Lipinski definition) is 1. The molecule has 2 bridgehead atoms. The molecule has 4 aliphatic rings. The van der Waals surface area contributed by atoms with Crippen molar-refractivity contribution in [1.82, 2.24) is 9.80 Å². The fourth-order valence-corrected chi connectivity index (χ4v) is 2.89. The zero-order chi connectivity index (χ0) is 10.6. The van der Waals surface area contributed by atoms with Crippen LogP contribution in [0.1, 0.15) is 12.8 Å². The number of nitrogens with zero attached hydrogens (tertiary/aromatic N) is 2. The highest BCUT2D eigenvalue weighted by Crippen LogP contribution is 2.46. The predicted molar refractivity (Wildman–Crippen MR) is 51.3 cm³/mol. The van der Waals surface area contributed by atoms with E-state index in [4.69, 9.17) is 5.11 Å². The Morgan fingerprint density at radius 3 is 2.47 bits per heavy atom. The van der Waals surface area contributed by atoms with Crippen LogP contribution in [0.25, 0.3) is 0 Å². The van der Waals surface area contributed by atoms with Crippen LogP contribution < -0.4 is 0 Å². The highest BCUT2D eigenvalue weighted by Gasteiger charge is 2.57. The maximum Gasteiger partial charge on any atom is 0.320 e. The minimum Gasteiger partial charge on any atom is -0.481 e. The lowest BCUT2D eigenvalue weighted by molar-refractivity contribution is -0.147. The van der Waals surface area contributed by atoms with Crippen molar-refractivity contribution in [2.45, 2.75) is 18.9 Å². The van der Waals surface area contributed by atoms with Crippen molar-refractivity contribution in [1.29, 1.82) is 0 Å². The summed E-state index contributed by atoms with van der Waals surface area (Å²) < 4.78 is 0. The number of carbonyl (C=O) groups is 2. The summed E-state index contributed by atoms with van der Waals surface area (Å²) in [5, 5.41) is 8.97. The van der Waals surface area contributed by atoms with Crippen LogP contribution in [0.15, 0.2) is 0 Å². The van der Waals surface area contributed by atoms with Crippen molar-refractivity contribution in [2.24, 2.45) is 11.8 Å². The second kappa shape index (κ2) is 2.87. The van der Waals surface area contributed by atoms with E-state index in [1.807, 2.05) is 0 Å². The van der Waals surface area contributed by atoms with Crippen molar-refractivity contribution < 1.29 is 14.7 Å². The van der Waals surface area contributed by atoms with Crippen LogP contribution in [0.2, 0.25) is 0 Å². The van der Waals surface area contributed by atoms with E-state index in [2.05, 4.69) is 0 Å². The molecule has 1 N–H and O–H groups in total. The van der Waals surface area contributed by atoms with Gasteiger partial charge < -0.3 is 14.9 Å². The van der Waals surface area contributed by atoms with Crippen molar-refractivity contribution in [3.63, 3.8) is 0 Å². The number of likely N-dealkylation sites (tertiary alicyclic amines) is 1. The monoisotopic (exact) mass is 210 g/mol. The Bertz CT molecular complexity index is 327. The van der Waals surface area contributed by atoms with E-state index in [0.717, 1.165) is 25.9 Å². The molecule has 0 aromatic rings. The first kappa shape index (κ1) is 9.00. The first-order valence-corrected chi connectivity index (χ1v) is 5.47. The molecule has 4 rings (SSSR count). The van der Waals surface area contributed by atoms with E-state index < -0.39 is 5.97 Å². The number of carbonyl (C=O) groups excluding carboxylic acids is 1. The maximum absolute atomic E-state index is 11.9. The Morgan fingerprint density at radius 2 is 2.00 bits per heavy atom. The van der Waals surface area contributed by atoms with E-state index in [1.165, 1.54) is 0 Å². The summed E-state index contributed by atoms with van der Waals surface area (Å²) in [4.78, 5) is 26.4. The van der Waals surface area contributed by atoms with Gasteiger partial charge in [0.15, 0.2) is 0 Å². The lowest BCUT2D eigenvalue weighted by atomic mass is 9.74. The third-order valence-corrected chi connectivity index (χ3v) is 3.96. The van der Waals surface area contributed by atoms with Crippen LogP contribution in [-0.4, -0.2) is 52.6 Å². The van der Waals surface area contributed by atoms with Crippen molar-refractivity contribution in [3.8, 4) is 0 Å². The van der Waals surface area contributed by atoms with Crippen molar-refractivity contribution in [2.75, 3.05) is 19.6 Å². The molecule has 1 aliphatic carbocycles. The average molecular weight is 210 g/mol. The molecular formula is C10H14N2O3. The molecule has 3 atom stereocenters. The van der Waals surface area contributed by atoms with Gasteiger partial charge in [-0.2, -0.15) is 0 Å². The van der Waals surface area contributed by atoms with Crippen LogP contribution in [0.3, 0.4) is 0 Å². The number of carboxylic acid groups (broad SMARTS) is 1. The molecule has 0 spiro atoms. The van der Waals surface area contributed by atoms with E-state index in [9.17, 15) is 9.59 Å². The van der Waals surface area contributed by atoms with Crippen molar-refractivity contribution >= 4 is 12.0 Å². The van der Waals surface area contributed by atoms with Gasteiger partial charge in [-0.3, -0.25) is 4.79 Å². The Balaban J connectivity index is 1.70. The van der Waals surface area contributed by atoms with E-state index in [1.54, 1.807) is 9.80 Å². The van der Waals surface area contributed by atoms with E-state index in [-0.39, 0.29) is 23.9 Å². The van der Waals surface area contributed by atoms with Gasteiger partial charge in [-0.1, -0.05) is 0 Å². The summed E-state index contributed by atoms with van der Waals surface area (Å²) in [6, 6.07) is 0.0260. The van der Waals surface area contributed by atoms with Crippen molar-refractivity contribution in [3.05, 3.63) is 0 Å². The van der Waals surface area contributed by atoms with Gasteiger partial charge in [0.2, 0.25) is 0 Å². The molecule has 1 saturated carbocycles. The Labute approximate surface area is 87.6 Å². The molecule has 15 heavy (non-hydrogen) atoms. The number of fused-ring (bicyclic) bond motifs is 1. The van der Waals surface area contributed by atoms with Gasteiger partial charge in [-0.05, 0) is 18.8 Å². The summed E-state index contributed by atoms with van der Waals surface area (Å²) in [6.07, 6.45) is 1.96. The number of amides is 2. The van der Waals surface area contributed by atoms with Crippen LogP contribution in [-0.2, 0) is 4.79 Å². The lowest BCUT2D eigenvalue weighted by Gasteiger charge is -2.38. The molecule has 82 valence electrons. The van der Waals surface area contributed by atoms with Crippen LogP contribution in [0, 0.1) is 11.8 Å². The predicted octanol–water partition coefficient (Wildman–Crippen LogP) is 0.217. The third kappa shape index (κ3) is 1.09.